The Hall–Kier alpha value is -3.25. The molecule has 10 heteroatoms. The van der Waals surface area contributed by atoms with E-state index in [1.807, 2.05) is 26.0 Å². The molecule has 35 heavy (non-hydrogen) atoms. The molecule has 0 unspecified atom stereocenters. The van der Waals surface area contributed by atoms with Gasteiger partial charge in [0.15, 0.2) is 11.6 Å². The van der Waals surface area contributed by atoms with Gasteiger partial charge in [0.1, 0.15) is 0 Å². The van der Waals surface area contributed by atoms with E-state index in [0.717, 1.165) is 16.7 Å². The van der Waals surface area contributed by atoms with Gasteiger partial charge in [-0.2, -0.15) is 0 Å². The van der Waals surface area contributed by atoms with Gasteiger partial charge in [-0.05, 0) is 48.7 Å². The predicted octanol–water partition coefficient (Wildman–Crippen LogP) is 3.91. The summed E-state index contributed by atoms with van der Waals surface area (Å²) < 4.78 is 4.58. The molecule has 0 saturated carbocycles. The number of carbonyl (C=O) groups is 2. The summed E-state index contributed by atoms with van der Waals surface area (Å²) >= 11 is 0.617. The number of anilines is 3. The number of aliphatic hydroxyl groups excluding tert-OH is 1. The van der Waals surface area contributed by atoms with Gasteiger partial charge in [-0.3, -0.25) is 9.59 Å². The lowest BCUT2D eigenvalue weighted by Crippen LogP contribution is -2.24. The lowest BCUT2D eigenvalue weighted by atomic mass is 9.82. The molecule has 0 radical (unpaired) electrons. The van der Waals surface area contributed by atoms with E-state index in [-0.39, 0.29) is 45.4 Å². The standard InChI is InChI=1S/C25H25N3O6S/c1-13-9-16(10-15(14(13)2)12-27-7-8-29)28-19-11-20(35-34-33-32)23(26)22-21(19)24(30)17-5-3-4-6-18(17)25(22)31/h3-6,9-11,27-29,32H,7-8,12,26H2,1-2H3. The van der Waals surface area contributed by atoms with Gasteiger partial charge in [-0.1, -0.05) is 29.3 Å². The summed E-state index contributed by atoms with van der Waals surface area (Å²) in [5, 5.41) is 27.9. The van der Waals surface area contributed by atoms with Crippen LogP contribution in [0.3, 0.4) is 0 Å². The van der Waals surface area contributed by atoms with Crippen molar-refractivity contribution in [2.24, 2.45) is 0 Å². The number of aryl methyl sites for hydroxylation is 1. The summed E-state index contributed by atoms with van der Waals surface area (Å²) in [5.74, 6) is -0.703. The number of hydrogen-bond acceptors (Lipinski definition) is 10. The van der Waals surface area contributed by atoms with Crippen LogP contribution in [0.1, 0.15) is 48.5 Å². The molecule has 0 amide bonds. The van der Waals surface area contributed by atoms with E-state index in [4.69, 9.17) is 16.1 Å². The number of benzene rings is 3. The quantitative estimate of drug-likeness (QED) is 0.0762. The highest BCUT2D eigenvalue weighted by Gasteiger charge is 2.35. The van der Waals surface area contributed by atoms with Crippen LogP contribution in [0.15, 0.2) is 47.4 Å². The molecule has 6 N–H and O–H groups in total. The van der Waals surface area contributed by atoms with Crippen LogP contribution in [0.25, 0.3) is 0 Å². The van der Waals surface area contributed by atoms with Crippen LogP contribution >= 0.6 is 12.0 Å². The van der Waals surface area contributed by atoms with E-state index in [2.05, 4.69) is 20.0 Å². The molecule has 3 aromatic rings. The molecule has 0 saturated heterocycles. The number of ketones is 2. The van der Waals surface area contributed by atoms with Crippen molar-refractivity contribution in [3.8, 4) is 0 Å². The monoisotopic (exact) mass is 495 g/mol. The van der Waals surface area contributed by atoms with Crippen molar-refractivity contribution in [2.75, 3.05) is 24.2 Å². The first-order valence-electron chi connectivity index (χ1n) is 10.9. The van der Waals surface area contributed by atoms with E-state index >= 15 is 0 Å². The number of aliphatic hydroxyl groups is 1. The second-order valence-electron chi connectivity index (χ2n) is 8.12. The molecule has 0 bridgehead atoms. The van der Waals surface area contributed by atoms with Gasteiger partial charge in [0.2, 0.25) is 0 Å². The number of fused-ring (bicyclic) bond motifs is 2. The molecule has 0 heterocycles. The smallest absolute Gasteiger partial charge is 0.196 e. The Bertz CT molecular complexity index is 1310. The Balaban J connectivity index is 1.84. The number of rotatable bonds is 9. The fraction of sp³-hybridized carbons (Fsp3) is 0.200. The van der Waals surface area contributed by atoms with Gasteiger partial charge >= 0.3 is 0 Å². The highest BCUT2D eigenvalue weighted by Crippen LogP contribution is 2.42. The Labute approximate surface area is 206 Å². The Morgan fingerprint density at radius 2 is 1.71 bits per heavy atom. The van der Waals surface area contributed by atoms with E-state index < -0.39 is 0 Å². The van der Waals surface area contributed by atoms with Gasteiger partial charge in [-0.25, -0.2) is 5.26 Å². The highest BCUT2D eigenvalue weighted by atomic mass is 32.2. The molecule has 182 valence electrons. The van der Waals surface area contributed by atoms with Crippen LogP contribution in [0.4, 0.5) is 17.1 Å². The molecule has 3 aromatic carbocycles. The predicted molar refractivity (Wildman–Crippen MR) is 133 cm³/mol. The molecule has 0 aliphatic heterocycles. The molecule has 1 aliphatic carbocycles. The normalized spacial score (nSPS) is 12.5. The van der Waals surface area contributed by atoms with Gasteiger partial charge < -0.3 is 21.5 Å². The molecule has 0 atom stereocenters. The maximum absolute atomic E-state index is 13.5. The maximum atomic E-state index is 13.5. The van der Waals surface area contributed by atoms with Crippen LogP contribution in [0, 0.1) is 13.8 Å². The van der Waals surface area contributed by atoms with E-state index in [0.29, 0.717) is 42.1 Å². The van der Waals surface area contributed by atoms with Crippen LogP contribution < -0.4 is 16.4 Å². The van der Waals surface area contributed by atoms with Crippen LogP contribution in [-0.4, -0.2) is 35.1 Å². The van der Waals surface area contributed by atoms with Crippen molar-refractivity contribution in [1.82, 2.24) is 5.32 Å². The Morgan fingerprint density at radius 1 is 1.03 bits per heavy atom. The molecule has 0 fully saturated rings. The molecular formula is C25H25N3O6S. The van der Waals surface area contributed by atoms with Gasteiger partial charge in [0.25, 0.3) is 0 Å². The third-order valence-corrected chi connectivity index (χ3v) is 6.66. The van der Waals surface area contributed by atoms with Crippen molar-refractivity contribution in [2.45, 2.75) is 25.3 Å². The molecule has 9 nitrogen and oxygen atoms in total. The second-order valence-corrected chi connectivity index (χ2v) is 8.86. The lowest BCUT2D eigenvalue weighted by Gasteiger charge is -2.24. The summed E-state index contributed by atoms with van der Waals surface area (Å²) in [6.45, 7) is 5.04. The van der Waals surface area contributed by atoms with Crippen molar-refractivity contribution in [3.05, 3.63) is 81.4 Å². The fourth-order valence-electron chi connectivity index (χ4n) is 4.16. The topological polar surface area (TPSA) is 143 Å². The summed E-state index contributed by atoms with van der Waals surface area (Å²) in [4.78, 5) is 27.2. The molecular weight excluding hydrogens is 470 g/mol. The van der Waals surface area contributed by atoms with Crippen molar-refractivity contribution in [1.29, 1.82) is 0 Å². The average molecular weight is 496 g/mol. The summed E-state index contributed by atoms with van der Waals surface area (Å²) in [6, 6.07) is 12.1. The summed E-state index contributed by atoms with van der Waals surface area (Å²) in [6.07, 6.45) is 0. The third kappa shape index (κ3) is 4.80. The van der Waals surface area contributed by atoms with Crippen LogP contribution in [-0.2, 0) is 15.9 Å². The highest BCUT2D eigenvalue weighted by molar-refractivity contribution is 7.94. The van der Waals surface area contributed by atoms with Crippen LogP contribution in [0.2, 0.25) is 0 Å². The van der Waals surface area contributed by atoms with Crippen molar-refractivity contribution < 1.29 is 29.3 Å². The summed E-state index contributed by atoms with van der Waals surface area (Å²) in [5.41, 5.74) is 11.4. The molecule has 1 aliphatic rings. The molecule has 0 aromatic heterocycles. The molecule has 0 spiro atoms. The first-order valence-corrected chi connectivity index (χ1v) is 11.6. The minimum absolute atomic E-state index is 0.0330. The van der Waals surface area contributed by atoms with Crippen molar-refractivity contribution in [3.63, 3.8) is 0 Å². The summed E-state index contributed by atoms with van der Waals surface area (Å²) in [7, 11) is 0. The lowest BCUT2D eigenvalue weighted by molar-refractivity contribution is -0.432. The zero-order chi connectivity index (χ0) is 25.1. The zero-order valence-electron chi connectivity index (χ0n) is 19.2. The number of nitrogen functional groups attached to an aromatic ring is 1. The number of hydrogen-bond donors (Lipinski definition) is 5. The first kappa shape index (κ1) is 24.9. The van der Waals surface area contributed by atoms with E-state index in [9.17, 15) is 9.59 Å². The van der Waals surface area contributed by atoms with Crippen molar-refractivity contribution >= 4 is 40.7 Å². The first-order chi connectivity index (χ1) is 16.9. The fourth-order valence-corrected chi connectivity index (χ4v) is 4.62. The zero-order valence-corrected chi connectivity index (χ0v) is 20.0. The van der Waals surface area contributed by atoms with E-state index in [1.165, 1.54) is 0 Å². The minimum Gasteiger partial charge on any atom is -0.397 e. The Kier molecular flexibility index (Phi) is 7.51. The Morgan fingerprint density at radius 3 is 2.37 bits per heavy atom. The number of nitrogens with two attached hydrogens (primary N) is 1. The number of carbonyl (C=O) groups excluding carboxylic acids is 2. The van der Waals surface area contributed by atoms with E-state index in [1.54, 1.807) is 30.3 Å². The van der Waals surface area contributed by atoms with Gasteiger partial charge in [0, 0.05) is 29.9 Å². The third-order valence-electron chi connectivity index (χ3n) is 6.01. The molecule has 4 rings (SSSR count). The maximum Gasteiger partial charge on any atom is 0.196 e. The van der Waals surface area contributed by atoms with Crippen LogP contribution in [0.5, 0.6) is 0 Å². The SMILES string of the molecule is Cc1cc(Nc2cc(SOOO)c(N)c3c2C(=O)c2ccccc2C3=O)cc(CNCCO)c1C. The second kappa shape index (κ2) is 10.6. The van der Waals surface area contributed by atoms with Gasteiger partial charge in [-0.15, -0.1) is 4.33 Å². The largest absolute Gasteiger partial charge is 0.397 e. The minimum atomic E-state index is -0.378. The number of nitrogens with one attached hydrogen (secondary N) is 2. The van der Waals surface area contributed by atoms with Gasteiger partial charge in [0.05, 0.1) is 46.0 Å². The average Bonchev–Trinajstić information content (AvgIpc) is 2.85.